The molecule has 2 nitrogen and oxygen atoms in total. The molecule has 2 aliphatic rings. The van der Waals surface area contributed by atoms with Crippen molar-refractivity contribution in [3.05, 3.63) is 60.3 Å². The van der Waals surface area contributed by atoms with Crippen molar-refractivity contribution in [2.24, 2.45) is 0 Å². The number of piperidine rings is 1. The van der Waals surface area contributed by atoms with Gasteiger partial charge in [-0.1, -0.05) is 42.8 Å². The zero-order valence-corrected chi connectivity index (χ0v) is 13.1. The van der Waals surface area contributed by atoms with Crippen LogP contribution in [0.1, 0.15) is 31.2 Å². The minimum absolute atomic E-state index is 0.637. The summed E-state index contributed by atoms with van der Waals surface area (Å²) in [6.07, 6.45) is 9.56. The van der Waals surface area contributed by atoms with Gasteiger partial charge in [0.1, 0.15) is 0 Å². The summed E-state index contributed by atoms with van der Waals surface area (Å²) in [6.45, 7) is 0. The Morgan fingerprint density at radius 2 is 1.82 bits per heavy atom. The summed E-state index contributed by atoms with van der Waals surface area (Å²) in [5.41, 5.74) is 5.14. The van der Waals surface area contributed by atoms with Crippen LogP contribution in [0.25, 0.3) is 16.8 Å². The number of hydrogen-bond acceptors (Lipinski definition) is 2. The molecule has 22 heavy (non-hydrogen) atoms. The van der Waals surface area contributed by atoms with E-state index in [1.807, 2.05) is 18.3 Å². The molecular weight excluding hydrogens is 268 g/mol. The van der Waals surface area contributed by atoms with Crippen LogP contribution in [0.2, 0.25) is 0 Å². The summed E-state index contributed by atoms with van der Waals surface area (Å²) in [6, 6.07) is 16.4. The number of aromatic nitrogens is 1. The monoisotopic (exact) mass is 290 g/mol. The van der Waals surface area contributed by atoms with E-state index in [4.69, 9.17) is 0 Å². The molecule has 0 radical (unpaired) electrons. The average molecular weight is 290 g/mol. The van der Waals surface area contributed by atoms with Crippen molar-refractivity contribution in [3.63, 3.8) is 0 Å². The Morgan fingerprint density at radius 1 is 1.00 bits per heavy atom. The fourth-order valence-electron chi connectivity index (χ4n) is 3.84. The highest BCUT2D eigenvalue weighted by atomic mass is 15.2. The molecule has 1 aromatic carbocycles. The summed E-state index contributed by atoms with van der Waals surface area (Å²) in [5, 5.41) is 0. The first-order valence-corrected chi connectivity index (χ1v) is 8.26. The zero-order chi connectivity index (χ0) is 14.9. The van der Waals surface area contributed by atoms with Gasteiger partial charge in [0.25, 0.3) is 0 Å². The maximum Gasteiger partial charge on any atom is 0.0701 e. The SMILES string of the molecule is CN1C2C=C(c3ccc(-c4ccccn4)cc3)CC1CCC2. The number of nitrogens with zero attached hydrogens (tertiary/aromatic N) is 2. The van der Waals surface area contributed by atoms with E-state index in [1.54, 1.807) is 0 Å². The number of benzene rings is 1. The highest BCUT2D eigenvalue weighted by Crippen LogP contribution is 2.36. The van der Waals surface area contributed by atoms with Crippen molar-refractivity contribution in [1.82, 2.24) is 9.88 Å². The molecule has 112 valence electrons. The third-order valence-electron chi connectivity index (χ3n) is 5.20. The lowest BCUT2D eigenvalue weighted by atomic mass is 9.83. The van der Waals surface area contributed by atoms with Crippen LogP contribution >= 0.6 is 0 Å². The van der Waals surface area contributed by atoms with E-state index in [0.29, 0.717) is 6.04 Å². The van der Waals surface area contributed by atoms with E-state index in [9.17, 15) is 0 Å². The van der Waals surface area contributed by atoms with Crippen LogP contribution in [-0.2, 0) is 0 Å². The van der Waals surface area contributed by atoms with E-state index in [0.717, 1.165) is 11.7 Å². The van der Waals surface area contributed by atoms with Crippen molar-refractivity contribution in [2.45, 2.75) is 37.8 Å². The van der Waals surface area contributed by atoms with Gasteiger partial charge in [0.15, 0.2) is 0 Å². The average Bonchev–Trinajstić information content (AvgIpc) is 2.56. The van der Waals surface area contributed by atoms with Crippen molar-refractivity contribution in [1.29, 1.82) is 0 Å². The van der Waals surface area contributed by atoms with Gasteiger partial charge in [-0.3, -0.25) is 9.88 Å². The van der Waals surface area contributed by atoms with Gasteiger partial charge in [-0.2, -0.15) is 0 Å². The molecule has 2 aromatic rings. The molecule has 2 atom stereocenters. The van der Waals surface area contributed by atoms with Gasteiger partial charge in [-0.15, -0.1) is 0 Å². The summed E-state index contributed by atoms with van der Waals surface area (Å²) >= 11 is 0. The Kier molecular flexibility index (Phi) is 3.55. The Labute approximate surface area is 132 Å². The predicted molar refractivity (Wildman–Crippen MR) is 91.5 cm³/mol. The van der Waals surface area contributed by atoms with Gasteiger partial charge >= 0.3 is 0 Å². The maximum atomic E-state index is 4.43. The first kappa shape index (κ1) is 13.7. The number of likely N-dealkylation sites (N-methyl/N-ethyl adjacent to an activating group) is 1. The van der Waals surface area contributed by atoms with Gasteiger partial charge in [0.05, 0.1) is 5.69 Å². The fourth-order valence-corrected chi connectivity index (χ4v) is 3.84. The molecule has 1 saturated heterocycles. The van der Waals surface area contributed by atoms with Crippen LogP contribution < -0.4 is 0 Å². The Bertz CT molecular complexity index is 673. The predicted octanol–water partition coefficient (Wildman–Crippen LogP) is 4.39. The number of pyridine rings is 1. The Balaban J connectivity index is 1.61. The van der Waals surface area contributed by atoms with Crippen LogP contribution in [0.5, 0.6) is 0 Å². The molecule has 2 aliphatic heterocycles. The van der Waals surface area contributed by atoms with Crippen LogP contribution in [0.3, 0.4) is 0 Å². The van der Waals surface area contributed by atoms with Gasteiger partial charge in [-0.25, -0.2) is 0 Å². The number of rotatable bonds is 2. The summed E-state index contributed by atoms with van der Waals surface area (Å²) in [7, 11) is 2.28. The molecule has 3 heterocycles. The fraction of sp³-hybridized carbons (Fsp3) is 0.350. The zero-order valence-electron chi connectivity index (χ0n) is 13.1. The lowest BCUT2D eigenvalue weighted by molar-refractivity contribution is 0.137. The van der Waals surface area contributed by atoms with Gasteiger partial charge in [-0.05, 0) is 49.6 Å². The second kappa shape index (κ2) is 5.69. The second-order valence-corrected chi connectivity index (χ2v) is 6.51. The van der Waals surface area contributed by atoms with Gasteiger partial charge in [0.2, 0.25) is 0 Å². The summed E-state index contributed by atoms with van der Waals surface area (Å²) in [5.74, 6) is 0. The standard InChI is InChI=1S/C20H22N2/c1-22-18-5-4-6-19(22)14-17(13-18)15-8-10-16(11-9-15)20-7-2-3-12-21-20/h2-3,7-13,18-19H,4-6,14H2,1H3. The molecule has 1 fully saturated rings. The van der Waals surface area contributed by atoms with E-state index in [2.05, 4.69) is 53.3 Å². The maximum absolute atomic E-state index is 4.43. The molecule has 2 bridgehead atoms. The quantitative estimate of drug-likeness (QED) is 0.815. The van der Waals surface area contributed by atoms with Crippen molar-refractivity contribution in [2.75, 3.05) is 7.05 Å². The van der Waals surface area contributed by atoms with E-state index in [1.165, 1.54) is 42.4 Å². The molecule has 2 unspecified atom stereocenters. The first-order chi connectivity index (χ1) is 10.8. The third kappa shape index (κ3) is 2.48. The number of fused-ring (bicyclic) bond motifs is 2. The molecule has 0 spiro atoms. The molecule has 0 aliphatic carbocycles. The molecule has 4 rings (SSSR count). The van der Waals surface area contributed by atoms with Gasteiger partial charge in [0, 0.05) is 23.8 Å². The smallest absolute Gasteiger partial charge is 0.0701 e. The Morgan fingerprint density at radius 3 is 2.55 bits per heavy atom. The molecule has 2 heteroatoms. The van der Waals surface area contributed by atoms with Gasteiger partial charge < -0.3 is 0 Å². The molecule has 0 saturated carbocycles. The lowest BCUT2D eigenvalue weighted by Crippen LogP contribution is -2.45. The molecule has 1 aromatic heterocycles. The highest BCUT2D eigenvalue weighted by Gasteiger charge is 2.31. The lowest BCUT2D eigenvalue weighted by Gasteiger charge is -2.42. The van der Waals surface area contributed by atoms with Crippen LogP contribution in [0, 0.1) is 0 Å². The van der Waals surface area contributed by atoms with Crippen LogP contribution in [-0.4, -0.2) is 29.0 Å². The molecular formula is C20H22N2. The van der Waals surface area contributed by atoms with Crippen molar-refractivity contribution >= 4 is 5.57 Å². The minimum atomic E-state index is 0.637. The normalized spacial score (nSPS) is 24.9. The van der Waals surface area contributed by atoms with E-state index in [-0.39, 0.29) is 0 Å². The summed E-state index contributed by atoms with van der Waals surface area (Å²) in [4.78, 5) is 6.99. The third-order valence-corrected chi connectivity index (χ3v) is 5.20. The minimum Gasteiger partial charge on any atom is -0.297 e. The number of hydrogen-bond donors (Lipinski definition) is 0. The van der Waals surface area contributed by atoms with Crippen LogP contribution in [0.4, 0.5) is 0 Å². The van der Waals surface area contributed by atoms with E-state index >= 15 is 0 Å². The second-order valence-electron chi connectivity index (χ2n) is 6.51. The van der Waals surface area contributed by atoms with Crippen LogP contribution in [0.15, 0.2) is 54.7 Å². The van der Waals surface area contributed by atoms with Crippen molar-refractivity contribution in [3.8, 4) is 11.3 Å². The first-order valence-electron chi connectivity index (χ1n) is 8.26. The highest BCUT2D eigenvalue weighted by molar-refractivity contribution is 5.70. The molecule has 0 N–H and O–H groups in total. The summed E-state index contributed by atoms with van der Waals surface area (Å²) < 4.78 is 0. The Hall–Kier alpha value is -1.93. The van der Waals surface area contributed by atoms with Crippen molar-refractivity contribution < 1.29 is 0 Å². The largest absolute Gasteiger partial charge is 0.297 e. The topological polar surface area (TPSA) is 16.1 Å². The molecule has 0 amide bonds. The van der Waals surface area contributed by atoms with E-state index < -0.39 is 0 Å².